The quantitative estimate of drug-likeness (QED) is 0.181. The molecule has 41 heavy (non-hydrogen) atoms. The minimum absolute atomic E-state index is 0.178. The highest BCUT2D eigenvalue weighted by Crippen LogP contribution is 2.51. The first-order chi connectivity index (χ1) is 19.9. The highest BCUT2D eigenvalue weighted by atomic mass is 31.1. The number of hydrogen-bond acceptors (Lipinski definition) is 1. The predicted octanol–water partition coefficient (Wildman–Crippen LogP) is 7.74. The van der Waals surface area contributed by atoms with Crippen LogP contribution in [0.15, 0.2) is 121 Å². The molecule has 0 radical (unpaired) electrons. The average molecular weight is 577 g/mol. The van der Waals surface area contributed by atoms with E-state index in [-0.39, 0.29) is 12.0 Å². The molecule has 210 valence electrons. The Hall–Kier alpha value is -2.82. The van der Waals surface area contributed by atoms with Gasteiger partial charge in [-0.25, -0.2) is 0 Å². The van der Waals surface area contributed by atoms with Crippen molar-refractivity contribution in [2.75, 3.05) is 18.9 Å². The lowest BCUT2D eigenvalue weighted by molar-refractivity contribution is 0.166. The van der Waals surface area contributed by atoms with E-state index in [1.807, 2.05) is 0 Å². The van der Waals surface area contributed by atoms with Crippen molar-refractivity contribution in [3.63, 3.8) is 0 Å². The molecule has 0 bridgehead atoms. The van der Waals surface area contributed by atoms with Gasteiger partial charge in [-0.15, -0.1) is 0 Å². The van der Waals surface area contributed by atoms with Crippen LogP contribution in [0.25, 0.3) is 0 Å². The van der Waals surface area contributed by atoms with Crippen LogP contribution in [0.3, 0.4) is 0 Å². The van der Waals surface area contributed by atoms with E-state index in [2.05, 4.69) is 143 Å². The summed E-state index contributed by atoms with van der Waals surface area (Å²) >= 11 is 0. The zero-order valence-electron chi connectivity index (χ0n) is 24.8. The summed E-state index contributed by atoms with van der Waals surface area (Å²) < 4.78 is 0. The smallest absolute Gasteiger partial charge is 0.0497 e. The third-order valence-electron chi connectivity index (χ3n) is 8.19. The van der Waals surface area contributed by atoms with Crippen LogP contribution in [0.5, 0.6) is 0 Å². The third kappa shape index (κ3) is 7.16. The zero-order chi connectivity index (χ0) is 28.8. The normalized spacial score (nSPS) is 14.5. The lowest BCUT2D eigenvalue weighted by atomic mass is 9.85. The standard InChI is InChI=1S/C38H42OP2/c1-29-19-21-36(31(3)23-29)41(37-22-20-30(2)24-32(37)4)28-38(26-39,25-33-13-11-12-14-33)27-40(34-15-7-5-8-16-34)35-17-9-6-10-18-35/h5-13,15-24,39H,14,25-28H2,1-4H3. The molecule has 0 spiro atoms. The molecule has 5 rings (SSSR count). The maximum absolute atomic E-state index is 11.5. The molecule has 1 atom stereocenters. The maximum atomic E-state index is 11.5. The molecule has 0 heterocycles. The van der Waals surface area contributed by atoms with Crippen molar-refractivity contribution in [3.05, 3.63) is 143 Å². The molecule has 0 saturated heterocycles. The molecule has 0 amide bonds. The largest absolute Gasteiger partial charge is 0.396 e. The molecule has 4 aromatic carbocycles. The van der Waals surface area contributed by atoms with Crippen LogP contribution in [0, 0.1) is 33.1 Å². The van der Waals surface area contributed by atoms with Crippen molar-refractivity contribution in [2.24, 2.45) is 5.41 Å². The maximum Gasteiger partial charge on any atom is 0.0497 e. The van der Waals surface area contributed by atoms with Gasteiger partial charge in [0, 0.05) is 12.0 Å². The molecule has 0 saturated carbocycles. The molecule has 0 aromatic heterocycles. The van der Waals surface area contributed by atoms with Gasteiger partial charge in [-0.3, -0.25) is 0 Å². The second kappa shape index (κ2) is 13.4. The summed E-state index contributed by atoms with van der Waals surface area (Å²) in [4.78, 5) is 0. The zero-order valence-corrected chi connectivity index (χ0v) is 26.6. The number of benzene rings is 4. The molecule has 0 aliphatic heterocycles. The fourth-order valence-corrected chi connectivity index (χ4v) is 12.1. The summed E-state index contributed by atoms with van der Waals surface area (Å²) in [5.74, 6) is 0. The number of allylic oxidation sites excluding steroid dienone is 4. The van der Waals surface area contributed by atoms with Crippen LogP contribution in [0.2, 0.25) is 0 Å². The minimum Gasteiger partial charge on any atom is -0.396 e. The van der Waals surface area contributed by atoms with E-state index in [0.29, 0.717) is 0 Å². The molecular formula is C38H42OP2. The van der Waals surface area contributed by atoms with E-state index >= 15 is 0 Å². The van der Waals surface area contributed by atoms with Crippen LogP contribution in [-0.4, -0.2) is 24.0 Å². The van der Waals surface area contributed by atoms with Crippen LogP contribution in [0.4, 0.5) is 0 Å². The van der Waals surface area contributed by atoms with Crippen LogP contribution >= 0.6 is 15.8 Å². The van der Waals surface area contributed by atoms with Gasteiger partial charge in [0.1, 0.15) is 0 Å². The van der Waals surface area contributed by atoms with Gasteiger partial charge in [0.25, 0.3) is 0 Å². The van der Waals surface area contributed by atoms with E-state index in [4.69, 9.17) is 0 Å². The number of hydrogen-bond donors (Lipinski definition) is 1. The van der Waals surface area contributed by atoms with E-state index in [1.54, 1.807) is 0 Å². The lowest BCUT2D eigenvalue weighted by Gasteiger charge is -2.40. The van der Waals surface area contributed by atoms with E-state index in [0.717, 1.165) is 25.2 Å². The fourth-order valence-electron chi connectivity index (χ4n) is 6.16. The van der Waals surface area contributed by atoms with Gasteiger partial charge >= 0.3 is 0 Å². The van der Waals surface area contributed by atoms with Crippen molar-refractivity contribution in [1.29, 1.82) is 0 Å². The van der Waals surface area contributed by atoms with Gasteiger partial charge < -0.3 is 5.11 Å². The van der Waals surface area contributed by atoms with Crippen molar-refractivity contribution in [3.8, 4) is 0 Å². The van der Waals surface area contributed by atoms with E-state index in [1.165, 1.54) is 49.0 Å². The summed E-state index contributed by atoms with van der Waals surface area (Å²) in [5.41, 5.74) is 6.50. The molecule has 1 aliphatic carbocycles. The van der Waals surface area contributed by atoms with Gasteiger partial charge in [-0.05, 0) is 101 Å². The van der Waals surface area contributed by atoms with E-state index in [9.17, 15) is 5.11 Å². The average Bonchev–Trinajstić information content (AvgIpc) is 3.49. The van der Waals surface area contributed by atoms with Gasteiger partial charge in [0.2, 0.25) is 0 Å². The highest BCUT2D eigenvalue weighted by Gasteiger charge is 2.38. The monoisotopic (exact) mass is 576 g/mol. The second-order valence-corrected chi connectivity index (χ2v) is 16.1. The van der Waals surface area contributed by atoms with Gasteiger partial charge in [0.15, 0.2) is 0 Å². The van der Waals surface area contributed by atoms with Crippen molar-refractivity contribution >= 4 is 37.1 Å². The summed E-state index contributed by atoms with van der Waals surface area (Å²) in [6.07, 6.45) is 10.6. The summed E-state index contributed by atoms with van der Waals surface area (Å²) in [5, 5.41) is 17.2. The lowest BCUT2D eigenvalue weighted by Crippen LogP contribution is -2.38. The summed E-state index contributed by atoms with van der Waals surface area (Å²) in [6, 6.07) is 35.9. The van der Waals surface area contributed by atoms with Gasteiger partial charge in [-0.2, -0.15) is 0 Å². The first kappa shape index (κ1) is 29.7. The Bertz CT molecular complexity index is 1430. The molecule has 1 aliphatic rings. The first-order valence-electron chi connectivity index (χ1n) is 14.6. The third-order valence-corrected chi connectivity index (χ3v) is 14.2. The molecule has 1 nitrogen and oxygen atoms in total. The molecule has 4 aromatic rings. The second-order valence-electron chi connectivity index (χ2n) is 11.7. The predicted molar refractivity (Wildman–Crippen MR) is 183 cm³/mol. The van der Waals surface area contributed by atoms with E-state index < -0.39 is 15.8 Å². The molecular weight excluding hydrogens is 534 g/mol. The summed E-state index contributed by atoms with van der Waals surface area (Å²) in [6.45, 7) is 9.08. The Labute approximate surface area is 249 Å². The molecule has 0 fully saturated rings. The Morgan fingerprint density at radius 1 is 0.659 bits per heavy atom. The van der Waals surface area contributed by atoms with Crippen molar-refractivity contribution < 1.29 is 5.11 Å². The van der Waals surface area contributed by atoms with Crippen molar-refractivity contribution in [1.82, 2.24) is 0 Å². The van der Waals surface area contributed by atoms with Crippen LogP contribution in [-0.2, 0) is 0 Å². The Morgan fingerprint density at radius 3 is 1.61 bits per heavy atom. The topological polar surface area (TPSA) is 20.2 Å². The first-order valence-corrected chi connectivity index (χ1v) is 17.7. The molecule has 1 unspecified atom stereocenters. The Balaban J connectivity index is 1.64. The number of rotatable bonds is 11. The van der Waals surface area contributed by atoms with Crippen molar-refractivity contribution in [2.45, 2.75) is 40.5 Å². The van der Waals surface area contributed by atoms with Crippen LogP contribution < -0.4 is 21.2 Å². The number of aliphatic hydroxyl groups excluding tert-OH is 1. The SMILES string of the molecule is Cc1ccc(P(CC(CO)(CC2=CC=CC2)CP(c2ccccc2)c2ccccc2)c2ccc(C)cc2C)c(C)c1. The Morgan fingerprint density at radius 2 is 1.17 bits per heavy atom. The van der Waals surface area contributed by atoms with Gasteiger partial charge in [0.05, 0.1) is 0 Å². The highest BCUT2D eigenvalue weighted by molar-refractivity contribution is 7.74. The van der Waals surface area contributed by atoms with Gasteiger partial charge in [-0.1, -0.05) is 132 Å². The Kier molecular flexibility index (Phi) is 9.72. The molecule has 3 heteroatoms. The molecule has 1 N–H and O–H groups in total. The summed E-state index contributed by atoms with van der Waals surface area (Å²) in [7, 11) is -1.35. The number of aryl methyl sites for hydroxylation is 4. The fraction of sp³-hybridized carbons (Fsp3) is 0.263. The van der Waals surface area contributed by atoms with Crippen LogP contribution in [0.1, 0.15) is 35.1 Å². The minimum atomic E-state index is -0.697. The number of aliphatic hydroxyl groups is 1.